The van der Waals surface area contributed by atoms with E-state index in [4.69, 9.17) is 9.47 Å². The maximum Gasteiger partial charge on any atom is 0.119 e. The number of nitrogens with zero attached hydrogens (tertiary/aromatic N) is 1. The van der Waals surface area contributed by atoms with E-state index in [0.717, 1.165) is 23.4 Å². The Kier molecular flexibility index (Phi) is 8.39. The van der Waals surface area contributed by atoms with Crippen molar-refractivity contribution in [3.05, 3.63) is 59.4 Å². The summed E-state index contributed by atoms with van der Waals surface area (Å²) in [6.45, 7) is 6.69. The molecule has 0 aliphatic heterocycles. The molecule has 0 bridgehead atoms. The molecule has 0 amide bonds. The van der Waals surface area contributed by atoms with E-state index in [1.54, 1.807) is 6.20 Å². The van der Waals surface area contributed by atoms with Gasteiger partial charge in [-0.3, -0.25) is 4.98 Å². The maximum atomic E-state index is 9.35. The Bertz CT molecular complexity index is 617. The summed E-state index contributed by atoms with van der Waals surface area (Å²) in [4.78, 5) is 4.33. The fourth-order valence-corrected chi connectivity index (χ4v) is 2.56. The zero-order chi connectivity index (χ0) is 17.9. The molecule has 0 aliphatic carbocycles. The van der Waals surface area contributed by atoms with Crippen LogP contribution >= 0.6 is 0 Å². The lowest BCUT2D eigenvalue weighted by molar-refractivity contribution is 0.110. The third-order valence-electron chi connectivity index (χ3n) is 3.94. The highest BCUT2D eigenvalue weighted by molar-refractivity contribution is 5.27. The Morgan fingerprint density at radius 1 is 1.16 bits per heavy atom. The van der Waals surface area contributed by atoms with Gasteiger partial charge in [-0.25, -0.2) is 0 Å². The Labute approximate surface area is 150 Å². The zero-order valence-corrected chi connectivity index (χ0v) is 15.1. The monoisotopic (exact) mass is 344 g/mol. The van der Waals surface area contributed by atoms with Crippen LogP contribution in [-0.2, 0) is 24.3 Å². The molecule has 0 spiro atoms. The summed E-state index contributed by atoms with van der Waals surface area (Å²) in [6, 6.07) is 12.2. The number of rotatable bonds is 11. The molecule has 2 N–H and O–H groups in total. The van der Waals surface area contributed by atoms with Gasteiger partial charge in [0, 0.05) is 31.0 Å². The second kappa shape index (κ2) is 10.8. The van der Waals surface area contributed by atoms with Crippen LogP contribution in [0.15, 0.2) is 42.6 Å². The first-order valence-electron chi connectivity index (χ1n) is 8.79. The number of aliphatic hydroxyl groups excluding tert-OH is 1. The van der Waals surface area contributed by atoms with Crippen LogP contribution in [0.3, 0.4) is 0 Å². The molecule has 0 radical (unpaired) electrons. The van der Waals surface area contributed by atoms with Crippen LogP contribution in [-0.4, -0.2) is 36.0 Å². The van der Waals surface area contributed by atoms with Gasteiger partial charge in [-0.15, -0.1) is 0 Å². The smallest absolute Gasteiger partial charge is 0.119 e. The molecule has 1 aromatic carbocycles. The summed E-state index contributed by atoms with van der Waals surface area (Å²) < 4.78 is 10.9. The summed E-state index contributed by atoms with van der Waals surface area (Å²) in [6.07, 6.45) is 2.67. The van der Waals surface area contributed by atoms with Gasteiger partial charge in [0.1, 0.15) is 12.4 Å². The highest BCUT2D eigenvalue weighted by Crippen LogP contribution is 2.14. The molecule has 1 atom stereocenters. The molecule has 5 heteroatoms. The Morgan fingerprint density at radius 3 is 2.68 bits per heavy atom. The van der Waals surface area contributed by atoms with Gasteiger partial charge >= 0.3 is 0 Å². The normalized spacial score (nSPS) is 12.1. The summed E-state index contributed by atoms with van der Waals surface area (Å²) in [7, 11) is 0. The molecule has 0 aliphatic rings. The summed E-state index contributed by atoms with van der Waals surface area (Å²) >= 11 is 0. The third kappa shape index (κ3) is 6.82. The van der Waals surface area contributed by atoms with Crippen molar-refractivity contribution < 1.29 is 14.6 Å². The van der Waals surface area contributed by atoms with E-state index in [0.29, 0.717) is 32.4 Å². The number of aliphatic hydroxyl groups is 1. The number of benzene rings is 1. The molecule has 1 heterocycles. The van der Waals surface area contributed by atoms with Gasteiger partial charge < -0.3 is 19.9 Å². The molecule has 25 heavy (non-hydrogen) atoms. The van der Waals surface area contributed by atoms with Gasteiger partial charge in [0.2, 0.25) is 0 Å². The van der Waals surface area contributed by atoms with Crippen LogP contribution in [0, 0.1) is 0 Å². The van der Waals surface area contributed by atoms with E-state index < -0.39 is 0 Å². The van der Waals surface area contributed by atoms with Crippen molar-refractivity contribution in [3.63, 3.8) is 0 Å². The number of pyridine rings is 1. The molecule has 0 saturated carbocycles. The van der Waals surface area contributed by atoms with Crippen LogP contribution in [0.5, 0.6) is 5.75 Å². The van der Waals surface area contributed by atoms with Crippen molar-refractivity contribution in [2.24, 2.45) is 0 Å². The highest BCUT2D eigenvalue weighted by Gasteiger charge is 2.07. The molecule has 0 unspecified atom stereocenters. The molecule has 2 rings (SSSR count). The topological polar surface area (TPSA) is 63.6 Å². The summed E-state index contributed by atoms with van der Waals surface area (Å²) in [5.74, 6) is 0.866. The van der Waals surface area contributed by atoms with E-state index in [1.807, 2.05) is 31.2 Å². The highest BCUT2D eigenvalue weighted by atomic mass is 16.5. The average molecular weight is 344 g/mol. The third-order valence-corrected chi connectivity index (χ3v) is 3.94. The first-order chi connectivity index (χ1) is 12.2. The van der Waals surface area contributed by atoms with Gasteiger partial charge in [-0.1, -0.05) is 18.2 Å². The number of hydrogen-bond donors (Lipinski definition) is 2. The van der Waals surface area contributed by atoms with E-state index >= 15 is 0 Å². The largest absolute Gasteiger partial charge is 0.491 e. The van der Waals surface area contributed by atoms with Crippen LogP contribution in [0.1, 0.15) is 30.7 Å². The maximum absolute atomic E-state index is 9.35. The number of hydrogen-bond acceptors (Lipinski definition) is 5. The van der Waals surface area contributed by atoms with Gasteiger partial charge in [0.05, 0.1) is 18.9 Å². The van der Waals surface area contributed by atoms with E-state index in [-0.39, 0.29) is 6.61 Å². The van der Waals surface area contributed by atoms with Crippen molar-refractivity contribution in [3.8, 4) is 5.75 Å². The molecule has 0 fully saturated rings. The summed E-state index contributed by atoms with van der Waals surface area (Å²) in [5.41, 5.74) is 3.02. The van der Waals surface area contributed by atoms with Gasteiger partial charge in [0.25, 0.3) is 0 Å². The minimum Gasteiger partial charge on any atom is -0.491 e. The number of nitrogens with one attached hydrogen (secondary N) is 1. The summed E-state index contributed by atoms with van der Waals surface area (Å²) in [5, 5.41) is 12.8. The van der Waals surface area contributed by atoms with Crippen molar-refractivity contribution in [1.29, 1.82) is 0 Å². The molecule has 136 valence electrons. The van der Waals surface area contributed by atoms with Gasteiger partial charge in [0.15, 0.2) is 0 Å². The van der Waals surface area contributed by atoms with Crippen molar-refractivity contribution in [1.82, 2.24) is 10.3 Å². The van der Waals surface area contributed by atoms with Crippen LogP contribution in [0.2, 0.25) is 0 Å². The second-order valence-electron chi connectivity index (χ2n) is 5.94. The molecule has 2 aromatic rings. The van der Waals surface area contributed by atoms with Crippen molar-refractivity contribution in [2.75, 3.05) is 19.8 Å². The Hall–Kier alpha value is -1.95. The van der Waals surface area contributed by atoms with Gasteiger partial charge in [-0.05, 0) is 44.0 Å². The molecular formula is C20H28N2O3. The first-order valence-corrected chi connectivity index (χ1v) is 8.79. The minimum absolute atomic E-state index is 0.0178. The SMILES string of the molecule is CCOCCOc1ccc(C[C@@H](C)NCc2ncccc2CO)cc1. The van der Waals surface area contributed by atoms with E-state index in [9.17, 15) is 5.11 Å². The average Bonchev–Trinajstić information content (AvgIpc) is 2.65. The Balaban J connectivity index is 1.77. The minimum atomic E-state index is 0.0178. The predicted octanol–water partition coefficient (Wildman–Crippen LogP) is 2.71. The number of ether oxygens (including phenoxy) is 2. The van der Waals surface area contributed by atoms with Gasteiger partial charge in [-0.2, -0.15) is 0 Å². The molecule has 5 nitrogen and oxygen atoms in total. The second-order valence-corrected chi connectivity index (χ2v) is 5.94. The van der Waals surface area contributed by atoms with Crippen molar-refractivity contribution >= 4 is 0 Å². The van der Waals surface area contributed by atoms with E-state index in [1.165, 1.54) is 5.56 Å². The van der Waals surface area contributed by atoms with Crippen LogP contribution in [0.25, 0.3) is 0 Å². The fraction of sp³-hybridized carbons (Fsp3) is 0.450. The van der Waals surface area contributed by atoms with Crippen LogP contribution in [0.4, 0.5) is 0 Å². The lowest BCUT2D eigenvalue weighted by Crippen LogP contribution is -2.28. The number of aromatic nitrogens is 1. The quantitative estimate of drug-likeness (QED) is 0.614. The Morgan fingerprint density at radius 2 is 1.96 bits per heavy atom. The predicted molar refractivity (Wildman–Crippen MR) is 98.6 cm³/mol. The van der Waals surface area contributed by atoms with E-state index in [2.05, 4.69) is 29.4 Å². The standard InChI is InChI=1S/C20H28N2O3/c1-3-24-11-12-25-19-8-6-17(7-9-19)13-16(2)22-14-20-18(15-23)5-4-10-21-20/h4-10,16,22-23H,3,11-15H2,1-2H3/t16-/m1/s1. The first kappa shape index (κ1) is 19.4. The molecule has 1 aromatic heterocycles. The lowest BCUT2D eigenvalue weighted by atomic mass is 10.1. The van der Waals surface area contributed by atoms with Crippen molar-refractivity contribution in [2.45, 2.75) is 39.5 Å². The lowest BCUT2D eigenvalue weighted by Gasteiger charge is -2.15. The van der Waals surface area contributed by atoms with Crippen LogP contribution < -0.4 is 10.1 Å². The zero-order valence-electron chi connectivity index (χ0n) is 15.1. The fourth-order valence-electron chi connectivity index (χ4n) is 2.56. The molecular weight excluding hydrogens is 316 g/mol. The molecule has 0 saturated heterocycles.